The molecule has 0 spiro atoms. The summed E-state index contributed by atoms with van der Waals surface area (Å²) in [4.78, 5) is 10.7. The van der Waals surface area contributed by atoms with Gasteiger partial charge in [-0.2, -0.15) is 0 Å². The van der Waals surface area contributed by atoms with E-state index < -0.39 is 5.97 Å². The fourth-order valence-corrected chi connectivity index (χ4v) is 1.04. The molecule has 0 aromatic heterocycles. The van der Waals surface area contributed by atoms with E-state index in [4.69, 9.17) is 17.3 Å². The third-order valence-corrected chi connectivity index (χ3v) is 1.79. The lowest BCUT2D eigenvalue weighted by molar-refractivity contribution is -0.133. The number of hydrogen-bond acceptors (Lipinski definition) is 3. The molecular weight excluding hydrogens is 202 g/mol. The molecule has 0 heterocycles. The van der Waals surface area contributed by atoms with Crippen LogP contribution in [0.25, 0.3) is 0 Å². The fourth-order valence-electron chi connectivity index (χ4n) is 0.802. The van der Waals surface area contributed by atoms with Crippen molar-refractivity contribution < 1.29 is 9.53 Å². The number of rotatable bonds is 0. The molecule has 0 saturated heterocycles. The number of carbonyl (C=O) groups is 1. The monoisotopic (exact) mass is 209 g/mol. The van der Waals surface area contributed by atoms with Crippen LogP contribution in [0.5, 0.6) is 0 Å². The van der Waals surface area contributed by atoms with Crippen LogP contribution >= 0.6 is 11.6 Å². The second-order valence-electron chi connectivity index (χ2n) is 2.48. The highest BCUT2D eigenvalue weighted by atomic mass is 35.5. The van der Waals surface area contributed by atoms with E-state index in [1.807, 2.05) is 0 Å². The second-order valence-corrected chi connectivity index (χ2v) is 2.89. The molecular formula is C10H8ClNO2. The van der Waals surface area contributed by atoms with Crippen molar-refractivity contribution in [3.05, 3.63) is 28.8 Å². The average molecular weight is 210 g/mol. The average Bonchev–Trinajstić information content (AvgIpc) is 2.16. The molecule has 0 aliphatic heterocycles. The Bertz CT molecular complexity index is 418. The first-order chi connectivity index (χ1) is 6.63. The lowest BCUT2D eigenvalue weighted by atomic mass is 10.2. The van der Waals surface area contributed by atoms with Crippen molar-refractivity contribution in [2.75, 3.05) is 12.8 Å². The lowest BCUT2D eigenvalue weighted by Crippen LogP contribution is -1.94. The molecule has 0 aliphatic rings. The molecule has 2 N–H and O–H groups in total. The molecule has 1 rings (SSSR count). The van der Waals surface area contributed by atoms with Crippen LogP contribution in [0.15, 0.2) is 18.2 Å². The zero-order valence-corrected chi connectivity index (χ0v) is 8.26. The Morgan fingerprint density at radius 2 is 2.29 bits per heavy atom. The van der Waals surface area contributed by atoms with Crippen molar-refractivity contribution in [1.82, 2.24) is 0 Å². The Kier molecular flexibility index (Phi) is 3.38. The zero-order valence-electron chi connectivity index (χ0n) is 7.50. The van der Waals surface area contributed by atoms with Crippen LogP contribution in [0, 0.1) is 11.8 Å². The van der Waals surface area contributed by atoms with Crippen LogP contribution in [0.3, 0.4) is 0 Å². The molecule has 0 saturated carbocycles. The highest BCUT2D eigenvalue weighted by Crippen LogP contribution is 2.17. The minimum absolute atomic E-state index is 0.418. The topological polar surface area (TPSA) is 52.3 Å². The van der Waals surface area contributed by atoms with Crippen molar-refractivity contribution in [2.24, 2.45) is 0 Å². The number of halogens is 1. The summed E-state index contributed by atoms with van der Waals surface area (Å²) in [5.74, 6) is 4.25. The summed E-state index contributed by atoms with van der Waals surface area (Å²) < 4.78 is 4.36. The van der Waals surface area contributed by atoms with Crippen molar-refractivity contribution in [3.63, 3.8) is 0 Å². The molecule has 4 heteroatoms. The van der Waals surface area contributed by atoms with E-state index in [1.165, 1.54) is 7.11 Å². The van der Waals surface area contributed by atoms with E-state index in [2.05, 4.69) is 16.6 Å². The van der Waals surface area contributed by atoms with Crippen LogP contribution in [0.2, 0.25) is 5.02 Å². The number of esters is 1. The van der Waals surface area contributed by atoms with Gasteiger partial charge in [-0.25, -0.2) is 4.79 Å². The molecule has 3 nitrogen and oxygen atoms in total. The Balaban J connectivity index is 2.96. The van der Waals surface area contributed by atoms with Crippen LogP contribution in [0.4, 0.5) is 5.69 Å². The van der Waals surface area contributed by atoms with Crippen molar-refractivity contribution in [2.45, 2.75) is 0 Å². The molecule has 0 fully saturated rings. The number of anilines is 1. The van der Waals surface area contributed by atoms with Crippen LogP contribution in [-0.2, 0) is 9.53 Å². The molecule has 1 aromatic rings. The highest BCUT2D eigenvalue weighted by Gasteiger charge is 1.97. The van der Waals surface area contributed by atoms with Crippen molar-refractivity contribution in [3.8, 4) is 11.8 Å². The zero-order chi connectivity index (χ0) is 10.6. The summed E-state index contributed by atoms with van der Waals surface area (Å²) in [6, 6.07) is 4.88. The Morgan fingerprint density at radius 3 is 2.86 bits per heavy atom. The van der Waals surface area contributed by atoms with Crippen LogP contribution in [-0.4, -0.2) is 13.1 Å². The molecule has 0 unspecified atom stereocenters. The van der Waals surface area contributed by atoms with Gasteiger partial charge in [0.05, 0.1) is 12.1 Å². The quantitative estimate of drug-likeness (QED) is 0.400. The number of ether oxygens (including phenoxy) is 1. The Hall–Kier alpha value is -1.66. The lowest BCUT2D eigenvalue weighted by Gasteiger charge is -1.96. The molecule has 72 valence electrons. The third kappa shape index (κ3) is 2.68. The molecule has 0 bridgehead atoms. The molecule has 0 atom stereocenters. The van der Waals surface area contributed by atoms with Gasteiger partial charge in [-0.05, 0) is 18.2 Å². The first-order valence-electron chi connectivity index (χ1n) is 3.78. The number of nitrogen functional groups attached to an aromatic ring is 1. The second kappa shape index (κ2) is 4.54. The number of methoxy groups -OCH3 is 1. The fraction of sp³-hybridized carbons (Fsp3) is 0.100. The number of benzene rings is 1. The van der Waals surface area contributed by atoms with Gasteiger partial charge in [0.2, 0.25) is 0 Å². The molecule has 0 amide bonds. The largest absolute Gasteiger partial charge is 0.459 e. The first-order valence-corrected chi connectivity index (χ1v) is 4.16. The van der Waals surface area contributed by atoms with E-state index >= 15 is 0 Å². The van der Waals surface area contributed by atoms with Gasteiger partial charge < -0.3 is 10.5 Å². The van der Waals surface area contributed by atoms with Gasteiger partial charge in [0.25, 0.3) is 0 Å². The molecule has 0 radical (unpaired) electrons. The Labute approximate surface area is 86.8 Å². The minimum atomic E-state index is -0.599. The van der Waals surface area contributed by atoms with E-state index in [-0.39, 0.29) is 0 Å². The predicted octanol–water partition coefficient (Wildman–Crippen LogP) is 1.45. The predicted molar refractivity (Wildman–Crippen MR) is 54.8 cm³/mol. The third-order valence-electron chi connectivity index (χ3n) is 1.48. The Morgan fingerprint density at radius 1 is 1.57 bits per heavy atom. The van der Waals surface area contributed by atoms with Crippen LogP contribution in [0.1, 0.15) is 5.56 Å². The summed E-state index contributed by atoms with van der Waals surface area (Å²) >= 11 is 5.82. The van der Waals surface area contributed by atoms with E-state index in [9.17, 15) is 4.79 Å². The van der Waals surface area contributed by atoms with Gasteiger partial charge in [-0.3, -0.25) is 0 Å². The van der Waals surface area contributed by atoms with Crippen molar-refractivity contribution in [1.29, 1.82) is 0 Å². The summed E-state index contributed by atoms with van der Waals surface area (Å²) in [6.45, 7) is 0. The van der Waals surface area contributed by atoms with E-state index in [0.29, 0.717) is 16.3 Å². The van der Waals surface area contributed by atoms with Gasteiger partial charge in [-0.15, -0.1) is 0 Å². The summed E-state index contributed by atoms with van der Waals surface area (Å²) in [5.41, 5.74) is 6.59. The molecule has 0 aliphatic carbocycles. The smallest absolute Gasteiger partial charge is 0.384 e. The normalized spacial score (nSPS) is 8.71. The number of carbonyl (C=O) groups excluding carboxylic acids is 1. The summed E-state index contributed by atoms with van der Waals surface area (Å²) in [6.07, 6.45) is 0. The van der Waals surface area contributed by atoms with Gasteiger partial charge in [0, 0.05) is 17.2 Å². The maximum absolute atomic E-state index is 10.7. The number of hydrogen-bond donors (Lipinski definition) is 1. The van der Waals surface area contributed by atoms with Crippen molar-refractivity contribution >= 4 is 23.3 Å². The maximum atomic E-state index is 10.7. The standard InChI is InChI=1S/C10H8ClNO2/c1-14-10(13)5-3-7-2-4-8(12)6-9(7)11/h2,4,6H,12H2,1H3. The first kappa shape index (κ1) is 10.4. The highest BCUT2D eigenvalue weighted by molar-refractivity contribution is 6.32. The SMILES string of the molecule is COC(=O)C#Cc1ccc(N)cc1Cl. The summed E-state index contributed by atoms with van der Waals surface area (Å²) in [5, 5.41) is 0.418. The van der Waals surface area contributed by atoms with E-state index in [1.54, 1.807) is 18.2 Å². The van der Waals surface area contributed by atoms with Gasteiger partial charge in [0.15, 0.2) is 0 Å². The maximum Gasteiger partial charge on any atom is 0.384 e. The summed E-state index contributed by atoms with van der Waals surface area (Å²) in [7, 11) is 1.27. The minimum Gasteiger partial charge on any atom is -0.459 e. The van der Waals surface area contributed by atoms with Gasteiger partial charge in [-0.1, -0.05) is 17.5 Å². The van der Waals surface area contributed by atoms with E-state index in [0.717, 1.165) is 0 Å². The molecule has 1 aromatic carbocycles. The number of nitrogens with two attached hydrogens (primary N) is 1. The van der Waals surface area contributed by atoms with Gasteiger partial charge >= 0.3 is 5.97 Å². The molecule has 14 heavy (non-hydrogen) atoms. The van der Waals surface area contributed by atoms with Gasteiger partial charge in [0.1, 0.15) is 0 Å². The van der Waals surface area contributed by atoms with Crippen LogP contribution < -0.4 is 5.73 Å².